The van der Waals surface area contributed by atoms with Crippen LogP contribution in [0.1, 0.15) is 101 Å². The molecule has 0 aliphatic rings. The highest BCUT2D eigenvalue weighted by molar-refractivity contribution is 5.53. The minimum absolute atomic E-state index is 0.166. The molecule has 0 amide bonds. The number of nitriles is 2. The quantitative estimate of drug-likeness (QED) is 0.208. The van der Waals surface area contributed by atoms with E-state index >= 15 is 0 Å². The van der Waals surface area contributed by atoms with Crippen LogP contribution in [0.4, 0.5) is 0 Å². The highest BCUT2D eigenvalue weighted by Gasteiger charge is 2.27. The number of rotatable bonds is 6. The lowest BCUT2D eigenvalue weighted by atomic mass is 9.77. The molecular weight excluding hydrogens is 572 g/mol. The Morgan fingerprint density at radius 3 is 1.22 bits per heavy atom. The molecule has 4 aromatic carbocycles. The standard InChI is InChI=1S/C28H36N2O2.2C6H6O/c1-10-11-22(20-12-18(2)25(31-16-29)23(14-20)27(4,5)6)21-13-19(3)26(32-17-30)24(15-21)28(7,8)9;2*7-6-4-2-1-3-5-6/h12-15,22H,10-11H2,1-9H3;2*1-5,7H. The number of nitrogens with zero attached hydrogens (tertiary/aromatic N) is 2. The Labute approximate surface area is 275 Å². The van der Waals surface area contributed by atoms with Gasteiger partial charge >= 0.3 is 0 Å². The van der Waals surface area contributed by atoms with E-state index in [0.29, 0.717) is 23.0 Å². The number of para-hydroxylation sites is 2. The number of benzene rings is 4. The first-order valence-corrected chi connectivity index (χ1v) is 15.5. The Hall–Kier alpha value is -4.94. The van der Waals surface area contributed by atoms with Gasteiger partial charge in [-0.3, -0.25) is 0 Å². The van der Waals surface area contributed by atoms with E-state index in [1.165, 1.54) is 11.1 Å². The van der Waals surface area contributed by atoms with Crippen molar-refractivity contribution in [3.05, 3.63) is 118 Å². The monoisotopic (exact) mass is 620 g/mol. The summed E-state index contributed by atoms with van der Waals surface area (Å²) in [5.74, 6) is 2.14. The molecule has 0 heterocycles. The van der Waals surface area contributed by atoms with Crippen molar-refractivity contribution in [2.24, 2.45) is 0 Å². The van der Waals surface area contributed by atoms with Crippen molar-refractivity contribution in [3.63, 3.8) is 0 Å². The largest absolute Gasteiger partial charge is 0.508 e. The molecule has 0 unspecified atom stereocenters. The molecule has 0 aromatic heterocycles. The molecule has 0 aliphatic carbocycles. The minimum atomic E-state index is -0.166. The van der Waals surface area contributed by atoms with Crippen LogP contribution in [0.2, 0.25) is 0 Å². The number of phenolic OH excluding ortho intramolecular Hbond substituents is 2. The molecule has 0 saturated carbocycles. The fraction of sp³-hybridized carbons (Fsp3) is 0.350. The summed E-state index contributed by atoms with van der Waals surface area (Å²) in [4.78, 5) is 0. The van der Waals surface area contributed by atoms with Gasteiger partial charge in [0.1, 0.15) is 23.0 Å². The van der Waals surface area contributed by atoms with Gasteiger partial charge in [-0.15, -0.1) is 10.5 Å². The van der Waals surface area contributed by atoms with Gasteiger partial charge in [-0.05, 0) is 77.6 Å². The third kappa shape index (κ3) is 10.9. The van der Waals surface area contributed by atoms with Crippen molar-refractivity contribution in [1.29, 1.82) is 10.5 Å². The SMILES string of the molecule is CCCC(c1cc(C)c(OC#N)c(C(C)(C)C)c1)c1cc(C)c(OC#N)c(C(C)(C)C)c1.Oc1ccccc1.Oc1ccccc1. The van der Waals surface area contributed by atoms with E-state index in [1.807, 2.05) is 38.5 Å². The van der Waals surface area contributed by atoms with E-state index in [-0.39, 0.29) is 16.7 Å². The molecule has 4 aromatic rings. The van der Waals surface area contributed by atoms with Gasteiger partial charge in [0.15, 0.2) is 0 Å². The summed E-state index contributed by atoms with van der Waals surface area (Å²) in [5.41, 5.74) is 6.10. The second kappa shape index (κ2) is 16.9. The Morgan fingerprint density at radius 2 is 0.978 bits per heavy atom. The van der Waals surface area contributed by atoms with Crippen molar-refractivity contribution in [2.45, 2.75) is 91.9 Å². The molecule has 2 N–H and O–H groups in total. The highest BCUT2D eigenvalue weighted by Crippen LogP contribution is 2.42. The van der Waals surface area contributed by atoms with E-state index < -0.39 is 0 Å². The van der Waals surface area contributed by atoms with Crippen molar-refractivity contribution >= 4 is 0 Å². The molecular formula is C40H48N2O4. The number of ether oxygens (including phenoxy) is 2. The van der Waals surface area contributed by atoms with Crippen LogP contribution in [0.15, 0.2) is 84.9 Å². The number of aromatic hydroxyl groups is 2. The first-order valence-electron chi connectivity index (χ1n) is 15.5. The summed E-state index contributed by atoms with van der Waals surface area (Å²) >= 11 is 0. The van der Waals surface area contributed by atoms with Crippen molar-refractivity contribution in [2.75, 3.05) is 0 Å². The molecule has 0 atom stereocenters. The van der Waals surface area contributed by atoms with E-state index in [4.69, 9.17) is 19.7 Å². The lowest BCUT2D eigenvalue weighted by Crippen LogP contribution is -2.16. The Bertz CT molecular complexity index is 1500. The van der Waals surface area contributed by atoms with Crippen LogP contribution in [0, 0.1) is 36.9 Å². The fourth-order valence-corrected chi connectivity index (χ4v) is 5.15. The van der Waals surface area contributed by atoms with Crippen molar-refractivity contribution < 1.29 is 19.7 Å². The molecule has 0 radical (unpaired) electrons. The summed E-state index contributed by atoms with van der Waals surface area (Å²) in [7, 11) is 0. The van der Waals surface area contributed by atoms with E-state index in [1.54, 1.807) is 48.5 Å². The van der Waals surface area contributed by atoms with Gasteiger partial charge in [0, 0.05) is 17.0 Å². The second-order valence-corrected chi connectivity index (χ2v) is 13.3. The Balaban J connectivity index is 0.000000426. The summed E-state index contributed by atoms with van der Waals surface area (Å²) in [6.07, 6.45) is 5.73. The minimum Gasteiger partial charge on any atom is -0.508 e. The average molecular weight is 621 g/mol. The zero-order valence-corrected chi connectivity index (χ0v) is 28.7. The highest BCUT2D eigenvalue weighted by atomic mass is 16.5. The number of aryl methyl sites for hydroxylation is 2. The fourth-order valence-electron chi connectivity index (χ4n) is 5.15. The van der Waals surface area contributed by atoms with Gasteiger partial charge in [-0.2, -0.15) is 0 Å². The van der Waals surface area contributed by atoms with Crippen LogP contribution >= 0.6 is 0 Å². The summed E-state index contributed by atoms with van der Waals surface area (Å²) < 4.78 is 10.8. The normalized spacial score (nSPS) is 10.8. The maximum absolute atomic E-state index is 9.18. The lowest BCUT2D eigenvalue weighted by molar-refractivity contribution is 0.468. The van der Waals surface area contributed by atoms with Crippen LogP contribution in [0.25, 0.3) is 0 Å². The smallest absolute Gasteiger partial charge is 0.292 e. The zero-order valence-electron chi connectivity index (χ0n) is 28.7. The predicted octanol–water partition coefficient (Wildman–Crippen LogP) is 10.3. The second-order valence-electron chi connectivity index (χ2n) is 13.3. The topological polar surface area (TPSA) is 106 Å². The molecule has 0 aliphatic heterocycles. The number of hydrogen-bond acceptors (Lipinski definition) is 6. The maximum atomic E-state index is 9.18. The molecule has 4 rings (SSSR count). The predicted molar refractivity (Wildman–Crippen MR) is 185 cm³/mol. The first kappa shape index (κ1) is 37.2. The lowest BCUT2D eigenvalue weighted by Gasteiger charge is -2.28. The van der Waals surface area contributed by atoms with E-state index in [9.17, 15) is 10.5 Å². The van der Waals surface area contributed by atoms with Gasteiger partial charge in [0.25, 0.3) is 12.5 Å². The third-order valence-electron chi connectivity index (χ3n) is 7.40. The first-order chi connectivity index (χ1) is 21.6. The Morgan fingerprint density at radius 1 is 0.630 bits per heavy atom. The van der Waals surface area contributed by atoms with E-state index in [2.05, 4.69) is 72.7 Å². The number of hydrogen-bond donors (Lipinski definition) is 2. The summed E-state index contributed by atoms with van der Waals surface area (Å²) in [6.45, 7) is 19.0. The van der Waals surface area contributed by atoms with Crippen molar-refractivity contribution in [3.8, 4) is 35.5 Å². The van der Waals surface area contributed by atoms with Crippen LogP contribution < -0.4 is 9.47 Å². The van der Waals surface area contributed by atoms with Gasteiger partial charge in [0.2, 0.25) is 0 Å². The molecule has 0 spiro atoms. The molecule has 46 heavy (non-hydrogen) atoms. The van der Waals surface area contributed by atoms with Gasteiger partial charge in [-0.25, -0.2) is 0 Å². The number of phenols is 2. The Kier molecular flexibility index (Phi) is 13.7. The van der Waals surface area contributed by atoms with Gasteiger partial charge < -0.3 is 19.7 Å². The summed E-state index contributed by atoms with van der Waals surface area (Å²) in [5, 5.41) is 35.6. The van der Waals surface area contributed by atoms with Crippen LogP contribution in [-0.2, 0) is 10.8 Å². The third-order valence-corrected chi connectivity index (χ3v) is 7.40. The van der Waals surface area contributed by atoms with Crippen LogP contribution in [0.5, 0.6) is 23.0 Å². The van der Waals surface area contributed by atoms with Gasteiger partial charge in [-0.1, -0.05) is 116 Å². The van der Waals surface area contributed by atoms with E-state index in [0.717, 1.165) is 35.1 Å². The maximum Gasteiger partial charge on any atom is 0.292 e. The average Bonchev–Trinajstić information content (AvgIpc) is 2.98. The molecule has 0 saturated heterocycles. The molecule has 0 bridgehead atoms. The van der Waals surface area contributed by atoms with Crippen molar-refractivity contribution in [1.82, 2.24) is 0 Å². The van der Waals surface area contributed by atoms with Crippen LogP contribution in [-0.4, -0.2) is 10.2 Å². The molecule has 0 fully saturated rings. The van der Waals surface area contributed by atoms with Crippen LogP contribution in [0.3, 0.4) is 0 Å². The summed E-state index contributed by atoms with van der Waals surface area (Å²) in [6, 6.07) is 26.1. The zero-order chi connectivity index (χ0) is 34.5. The van der Waals surface area contributed by atoms with Gasteiger partial charge in [0.05, 0.1) is 0 Å². The molecule has 6 nitrogen and oxygen atoms in total. The molecule has 242 valence electrons. The molecule has 6 heteroatoms.